The lowest BCUT2D eigenvalue weighted by molar-refractivity contribution is 0.0710. The van der Waals surface area contributed by atoms with E-state index in [4.69, 9.17) is 10.5 Å². The Bertz CT molecular complexity index is 320. The summed E-state index contributed by atoms with van der Waals surface area (Å²) in [6, 6.07) is 0. The number of carbonyl (C=O) groups excluding carboxylic acids is 1. The molecule has 0 fully saturated rings. The minimum Gasteiger partial charge on any atom is -0.438 e. The third-order valence-corrected chi connectivity index (χ3v) is 1.96. The number of imidazole rings is 1. The van der Waals surface area contributed by atoms with Crippen LogP contribution < -0.4 is 5.73 Å². The van der Waals surface area contributed by atoms with E-state index in [0.717, 1.165) is 0 Å². The van der Waals surface area contributed by atoms with Crippen LogP contribution in [0.15, 0.2) is 12.4 Å². The number of aryl methyl sites for hydroxylation is 1. The maximum atomic E-state index is 10.7. The van der Waals surface area contributed by atoms with Crippen molar-refractivity contribution in [1.82, 2.24) is 9.55 Å². The second kappa shape index (κ2) is 4.13. The van der Waals surface area contributed by atoms with Crippen LogP contribution in [0.1, 0.15) is 25.8 Å². The highest BCUT2D eigenvalue weighted by molar-refractivity contribution is 5.64. The number of amides is 1. The van der Waals surface area contributed by atoms with E-state index in [1.54, 1.807) is 12.4 Å². The zero-order valence-corrected chi connectivity index (χ0v) is 8.60. The fourth-order valence-electron chi connectivity index (χ4n) is 1.26. The first-order valence-corrected chi connectivity index (χ1v) is 4.45. The zero-order chi connectivity index (χ0) is 10.7. The molecule has 0 aliphatic carbocycles. The molecule has 1 amide bonds. The third kappa shape index (κ3) is 2.25. The van der Waals surface area contributed by atoms with Crippen LogP contribution in [0.4, 0.5) is 4.79 Å². The number of hydrogen-bond acceptors (Lipinski definition) is 3. The lowest BCUT2D eigenvalue weighted by atomic mass is 10.1. The van der Waals surface area contributed by atoms with E-state index in [0.29, 0.717) is 5.82 Å². The van der Waals surface area contributed by atoms with Gasteiger partial charge in [0.15, 0.2) is 6.10 Å². The molecule has 1 aromatic rings. The van der Waals surface area contributed by atoms with Crippen molar-refractivity contribution in [3.63, 3.8) is 0 Å². The summed E-state index contributed by atoms with van der Waals surface area (Å²) in [4.78, 5) is 14.8. The van der Waals surface area contributed by atoms with Gasteiger partial charge in [-0.15, -0.1) is 0 Å². The fraction of sp³-hybridized carbons (Fsp3) is 0.556. The highest BCUT2D eigenvalue weighted by Crippen LogP contribution is 2.23. The third-order valence-electron chi connectivity index (χ3n) is 1.96. The average molecular weight is 197 g/mol. The summed E-state index contributed by atoms with van der Waals surface area (Å²) in [6.07, 6.45) is 2.31. The molecular formula is C9H15N3O2. The van der Waals surface area contributed by atoms with Gasteiger partial charge in [0.05, 0.1) is 0 Å². The number of primary amides is 1. The number of ether oxygens (including phenoxy) is 1. The SMILES string of the molecule is CC(C)C(OC(N)=O)c1nccn1C. The molecule has 0 bridgehead atoms. The lowest BCUT2D eigenvalue weighted by Crippen LogP contribution is -2.23. The first-order chi connectivity index (χ1) is 6.52. The number of hydrogen-bond donors (Lipinski definition) is 1. The molecule has 0 aliphatic rings. The molecule has 0 saturated carbocycles. The van der Waals surface area contributed by atoms with Gasteiger partial charge in [0, 0.05) is 19.4 Å². The van der Waals surface area contributed by atoms with E-state index in [2.05, 4.69) is 4.98 Å². The number of nitrogens with zero attached hydrogens (tertiary/aromatic N) is 2. The second-order valence-corrected chi connectivity index (χ2v) is 3.50. The van der Waals surface area contributed by atoms with Crippen molar-refractivity contribution in [3.05, 3.63) is 18.2 Å². The maximum absolute atomic E-state index is 10.7. The standard InChI is InChI=1S/C9H15N3O2/c1-6(2)7(14-9(10)13)8-11-4-5-12(8)3/h4-7H,1-3H3,(H2,10,13). The molecular weight excluding hydrogens is 182 g/mol. The molecule has 5 nitrogen and oxygen atoms in total. The minimum atomic E-state index is -0.772. The van der Waals surface area contributed by atoms with E-state index < -0.39 is 6.09 Å². The summed E-state index contributed by atoms with van der Waals surface area (Å²) in [5, 5.41) is 0. The quantitative estimate of drug-likeness (QED) is 0.791. The molecule has 2 N–H and O–H groups in total. The highest BCUT2D eigenvalue weighted by atomic mass is 16.6. The van der Waals surface area contributed by atoms with E-state index in [-0.39, 0.29) is 12.0 Å². The number of rotatable bonds is 3. The van der Waals surface area contributed by atoms with Crippen molar-refractivity contribution in [3.8, 4) is 0 Å². The van der Waals surface area contributed by atoms with Crippen LogP contribution in [-0.2, 0) is 11.8 Å². The largest absolute Gasteiger partial charge is 0.438 e. The zero-order valence-electron chi connectivity index (χ0n) is 8.60. The smallest absolute Gasteiger partial charge is 0.405 e. The van der Waals surface area contributed by atoms with Crippen LogP contribution in [-0.4, -0.2) is 15.6 Å². The summed E-state index contributed by atoms with van der Waals surface area (Å²) in [6.45, 7) is 3.89. The monoisotopic (exact) mass is 197 g/mol. The Hall–Kier alpha value is -1.52. The molecule has 0 aromatic carbocycles. The molecule has 0 radical (unpaired) electrons. The van der Waals surface area contributed by atoms with E-state index >= 15 is 0 Å². The Balaban J connectivity index is 2.88. The lowest BCUT2D eigenvalue weighted by Gasteiger charge is -2.19. The Morgan fingerprint density at radius 3 is 2.64 bits per heavy atom. The summed E-state index contributed by atoms with van der Waals surface area (Å²) in [5.74, 6) is 0.849. The van der Waals surface area contributed by atoms with Crippen LogP contribution in [0, 0.1) is 5.92 Å². The molecule has 0 saturated heterocycles. The molecule has 78 valence electrons. The van der Waals surface area contributed by atoms with Gasteiger partial charge >= 0.3 is 6.09 Å². The van der Waals surface area contributed by atoms with E-state index in [1.807, 2.05) is 25.5 Å². The van der Waals surface area contributed by atoms with Gasteiger partial charge in [-0.1, -0.05) is 13.8 Å². The molecule has 0 aliphatic heterocycles. The number of nitrogens with two attached hydrogens (primary N) is 1. The van der Waals surface area contributed by atoms with E-state index in [1.165, 1.54) is 0 Å². The van der Waals surface area contributed by atoms with Crippen molar-refractivity contribution in [2.24, 2.45) is 18.7 Å². The maximum Gasteiger partial charge on any atom is 0.405 e. The summed E-state index contributed by atoms with van der Waals surface area (Å²) in [7, 11) is 1.85. The molecule has 14 heavy (non-hydrogen) atoms. The van der Waals surface area contributed by atoms with E-state index in [9.17, 15) is 4.79 Å². The predicted octanol–water partition coefficient (Wildman–Crippen LogP) is 1.21. The average Bonchev–Trinajstić information content (AvgIpc) is 2.46. The predicted molar refractivity (Wildman–Crippen MR) is 51.5 cm³/mol. The Kier molecular flexibility index (Phi) is 3.11. The van der Waals surface area contributed by atoms with Gasteiger partial charge in [0.2, 0.25) is 0 Å². The van der Waals surface area contributed by atoms with Crippen molar-refractivity contribution in [2.75, 3.05) is 0 Å². The molecule has 1 atom stereocenters. The molecule has 0 spiro atoms. The molecule has 5 heteroatoms. The molecule has 1 aromatic heterocycles. The van der Waals surface area contributed by atoms with Crippen LogP contribution in [0.2, 0.25) is 0 Å². The van der Waals surface area contributed by atoms with Crippen molar-refractivity contribution < 1.29 is 9.53 Å². The minimum absolute atomic E-state index is 0.142. The van der Waals surface area contributed by atoms with Crippen LogP contribution in [0.3, 0.4) is 0 Å². The summed E-state index contributed by atoms with van der Waals surface area (Å²) >= 11 is 0. The number of carbonyl (C=O) groups is 1. The van der Waals surface area contributed by atoms with Crippen molar-refractivity contribution >= 4 is 6.09 Å². The summed E-state index contributed by atoms with van der Waals surface area (Å²) < 4.78 is 6.81. The molecule has 1 rings (SSSR count). The van der Waals surface area contributed by atoms with Gasteiger partial charge in [-0.2, -0.15) is 0 Å². The topological polar surface area (TPSA) is 70.1 Å². The molecule has 1 unspecified atom stereocenters. The summed E-state index contributed by atoms with van der Waals surface area (Å²) in [5.41, 5.74) is 4.99. The molecule has 1 heterocycles. The second-order valence-electron chi connectivity index (χ2n) is 3.50. The van der Waals surface area contributed by atoms with Crippen molar-refractivity contribution in [1.29, 1.82) is 0 Å². The van der Waals surface area contributed by atoms with Gasteiger partial charge in [-0.25, -0.2) is 9.78 Å². The van der Waals surface area contributed by atoms with Gasteiger partial charge < -0.3 is 15.0 Å². The van der Waals surface area contributed by atoms with Gasteiger partial charge in [-0.05, 0) is 5.92 Å². The Morgan fingerprint density at radius 2 is 2.29 bits per heavy atom. The Labute approximate surface area is 82.9 Å². The van der Waals surface area contributed by atoms with Crippen LogP contribution in [0.25, 0.3) is 0 Å². The van der Waals surface area contributed by atoms with Crippen LogP contribution in [0.5, 0.6) is 0 Å². The van der Waals surface area contributed by atoms with Crippen LogP contribution >= 0.6 is 0 Å². The van der Waals surface area contributed by atoms with Gasteiger partial charge in [0.1, 0.15) is 5.82 Å². The Morgan fingerprint density at radius 1 is 1.64 bits per heavy atom. The van der Waals surface area contributed by atoms with Crippen molar-refractivity contribution in [2.45, 2.75) is 20.0 Å². The first kappa shape index (κ1) is 10.6. The van der Waals surface area contributed by atoms with Gasteiger partial charge in [0.25, 0.3) is 0 Å². The number of aromatic nitrogens is 2. The normalized spacial score (nSPS) is 12.9. The van der Waals surface area contributed by atoms with Gasteiger partial charge in [-0.3, -0.25) is 0 Å². The first-order valence-electron chi connectivity index (χ1n) is 4.45. The fourth-order valence-corrected chi connectivity index (χ4v) is 1.26. The highest BCUT2D eigenvalue weighted by Gasteiger charge is 2.22.